The zero-order chi connectivity index (χ0) is 24.0. The average Bonchev–Trinajstić information content (AvgIpc) is 2.92. The number of ether oxygens (including phenoxy) is 1. The standard InChI is InChI=1S/C29H33N3O3/c33-28-26(29(34)32-17-19-35-20-18-32)21-24-10-4-5-11-25(24)27(28)22-31-15-13-30(14-16-31)12-6-9-23-7-2-1-3-8-23/h1-11,21,33H,12-20,22H2. The van der Waals surface area contributed by atoms with E-state index in [1.165, 1.54) is 5.56 Å². The minimum Gasteiger partial charge on any atom is -0.507 e. The normalized spacial score (nSPS) is 17.9. The smallest absolute Gasteiger partial charge is 0.257 e. The van der Waals surface area contributed by atoms with Crippen molar-refractivity contribution in [3.8, 4) is 5.75 Å². The van der Waals surface area contributed by atoms with Gasteiger partial charge >= 0.3 is 0 Å². The van der Waals surface area contributed by atoms with Gasteiger partial charge in [0.25, 0.3) is 5.91 Å². The third-order valence-corrected chi connectivity index (χ3v) is 6.98. The van der Waals surface area contributed by atoms with E-state index in [1.54, 1.807) is 4.90 Å². The zero-order valence-electron chi connectivity index (χ0n) is 20.1. The van der Waals surface area contributed by atoms with Crippen LogP contribution in [0.3, 0.4) is 0 Å². The molecule has 0 saturated carbocycles. The van der Waals surface area contributed by atoms with Gasteiger partial charge in [0, 0.05) is 57.9 Å². The summed E-state index contributed by atoms with van der Waals surface area (Å²) in [6.07, 6.45) is 4.40. The van der Waals surface area contributed by atoms with E-state index in [-0.39, 0.29) is 11.7 Å². The summed E-state index contributed by atoms with van der Waals surface area (Å²) >= 11 is 0. The maximum absolute atomic E-state index is 13.2. The van der Waals surface area contributed by atoms with Gasteiger partial charge < -0.3 is 14.7 Å². The fourth-order valence-electron chi connectivity index (χ4n) is 4.93. The number of carbonyl (C=O) groups excluding carboxylic acids is 1. The third kappa shape index (κ3) is 5.56. The number of phenolic OH excluding ortho intramolecular Hbond substituents is 1. The highest BCUT2D eigenvalue weighted by Gasteiger charge is 2.25. The molecule has 3 aromatic rings. The van der Waals surface area contributed by atoms with Gasteiger partial charge in [0.05, 0.1) is 18.8 Å². The van der Waals surface area contributed by atoms with E-state index >= 15 is 0 Å². The second-order valence-electron chi connectivity index (χ2n) is 9.27. The molecule has 2 fully saturated rings. The molecule has 2 heterocycles. The summed E-state index contributed by atoms with van der Waals surface area (Å²) in [5.74, 6) is 0.00115. The quantitative estimate of drug-likeness (QED) is 0.592. The fourth-order valence-corrected chi connectivity index (χ4v) is 4.93. The van der Waals surface area contributed by atoms with Gasteiger partial charge in [-0.25, -0.2) is 0 Å². The molecule has 6 nitrogen and oxygen atoms in total. The Morgan fingerprint density at radius 2 is 1.57 bits per heavy atom. The van der Waals surface area contributed by atoms with Crippen molar-refractivity contribution in [1.82, 2.24) is 14.7 Å². The number of nitrogens with zero attached hydrogens (tertiary/aromatic N) is 3. The molecule has 2 aliphatic heterocycles. The molecule has 0 bridgehead atoms. The molecule has 5 rings (SSSR count). The number of fused-ring (bicyclic) bond motifs is 1. The number of carbonyl (C=O) groups is 1. The number of aromatic hydroxyl groups is 1. The summed E-state index contributed by atoms with van der Waals surface area (Å²) in [6.45, 7) is 7.56. The van der Waals surface area contributed by atoms with Crippen LogP contribution in [0.15, 0.2) is 66.7 Å². The van der Waals surface area contributed by atoms with Crippen molar-refractivity contribution in [3.63, 3.8) is 0 Å². The molecule has 3 aromatic carbocycles. The highest BCUT2D eigenvalue weighted by Crippen LogP contribution is 2.33. The van der Waals surface area contributed by atoms with E-state index in [0.29, 0.717) is 38.4 Å². The minimum absolute atomic E-state index is 0.118. The Morgan fingerprint density at radius 1 is 0.886 bits per heavy atom. The Labute approximate surface area is 207 Å². The number of amides is 1. The van der Waals surface area contributed by atoms with E-state index in [0.717, 1.165) is 49.1 Å². The molecular formula is C29H33N3O3. The van der Waals surface area contributed by atoms with Crippen molar-refractivity contribution in [2.75, 3.05) is 59.0 Å². The minimum atomic E-state index is -0.118. The van der Waals surface area contributed by atoms with E-state index in [9.17, 15) is 9.90 Å². The lowest BCUT2D eigenvalue weighted by Gasteiger charge is -2.34. The van der Waals surface area contributed by atoms with Crippen LogP contribution in [0.4, 0.5) is 0 Å². The van der Waals surface area contributed by atoms with Gasteiger partial charge in [-0.3, -0.25) is 14.6 Å². The van der Waals surface area contributed by atoms with Crippen LogP contribution in [0.5, 0.6) is 5.75 Å². The number of phenols is 1. The van der Waals surface area contributed by atoms with Crippen LogP contribution in [-0.4, -0.2) is 84.7 Å². The van der Waals surface area contributed by atoms with Crippen LogP contribution < -0.4 is 0 Å². The summed E-state index contributed by atoms with van der Waals surface area (Å²) in [7, 11) is 0. The molecule has 1 N–H and O–H groups in total. The Kier molecular flexibility index (Phi) is 7.42. The lowest BCUT2D eigenvalue weighted by molar-refractivity contribution is 0.0301. The molecule has 2 saturated heterocycles. The molecule has 2 aliphatic rings. The van der Waals surface area contributed by atoms with Gasteiger partial charge in [-0.1, -0.05) is 66.7 Å². The van der Waals surface area contributed by atoms with E-state index in [1.807, 2.05) is 36.4 Å². The fraction of sp³-hybridized carbons (Fsp3) is 0.345. The molecule has 0 spiro atoms. The van der Waals surface area contributed by atoms with Crippen LogP contribution in [-0.2, 0) is 11.3 Å². The molecule has 0 radical (unpaired) electrons. The average molecular weight is 472 g/mol. The number of piperazine rings is 1. The van der Waals surface area contributed by atoms with Gasteiger partial charge in [0.15, 0.2) is 0 Å². The Bertz CT molecular complexity index is 1180. The summed E-state index contributed by atoms with van der Waals surface area (Å²) < 4.78 is 5.39. The Hall–Kier alpha value is -3.19. The lowest BCUT2D eigenvalue weighted by atomic mass is 9.97. The maximum atomic E-state index is 13.2. The van der Waals surface area contributed by atoms with Gasteiger partial charge in [-0.05, 0) is 22.4 Å². The van der Waals surface area contributed by atoms with Crippen LogP contribution in [0.1, 0.15) is 21.5 Å². The van der Waals surface area contributed by atoms with Gasteiger partial charge in [-0.15, -0.1) is 0 Å². The summed E-state index contributed by atoms with van der Waals surface area (Å²) in [4.78, 5) is 19.8. The van der Waals surface area contributed by atoms with Crippen LogP contribution in [0.2, 0.25) is 0 Å². The summed E-state index contributed by atoms with van der Waals surface area (Å²) in [5, 5.41) is 13.3. The maximum Gasteiger partial charge on any atom is 0.257 e. The molecule has 35 heavy (non-hydrogen) atoms. The zero-order valence-corrected chi connectivity index (χ0v) is 20.1. The van der Waals surface area contributed by atoms with E-state index in [4.69, 9.17) is 4.74 Å². The number of rotatable bonds is 6. The summed E-state index contributed by atoms with van der Waals surface area (Å²) in [5.41, 5.74) is 2.46. The van der Waals surface area contributed by atoms with Gasteiger partial charge in [-0.2, -0.15) is 0 Å². The molecule has 6 heteroatoms. The van der Waals surface area contributed by atoms with Crippen molar-refractivity contribution in [2.45, 2.75) is 6.54 Å². The monoisotopic (exact) mass is 471 g/mol. The van der Waals surface area contributed by atoms with Crippen molar-refractivity contribution >= 4 is 22.8 Å². The number of morpholine rings is 1. The Balaban J connectivity index is 1.28. The van der Waals surface area contributed by atoms with Crippen molar-refractivity contribution in [3.05, 3.63) is 83.4 Å². The van der Waals surface area contributed by atoms with Crippen LogP contribution in [0.25, 0.3) is 16.8 Å². The molecule has 0 unspecified atom stereocenters. The first-order valence-corrected chi connectivity index (χ1v) is 12.5. The first-order valence-electron chi connectivity index (χ1n) is 12.5. The topological polar surface area (TPSA) is 56.2 Å². The number of benzene rings is 3. The molecule has 0 aliphatic carbocycles. The second kappa shape index (κ2) is 11.0. The number of hydrogen-bond acceptors (Lipinski definition) is 5. The molecule has 182 valence electrons. The largest absolute Gasteiger partial charge is 0.507 e. The Morgan fingerprint density at radius 3 is 2.34 bits per heavy atom. The molecule has 1 amide bonds. The van der Waals surface area contributed by atoms with Crippen LogP contribution >= 0.6 is 0 Å². The highest BCUT2D eigenvalue weighted by atomic mass is 16.5. The van der Waals surface area contributed by atoms with E-state index in [2.05, 4.69) is 46.2 Å². The lowest BCUT2D eigenvalue weighted by Crippen LogP contribution is -2.45. The second-order valence-corrected chi connectivity index (χ2v) is 9.27. The predicted octanol–water partition coefficient (Wildman–Crippen LogP) is 3.85. The molecule has 0 atom stereocenters. The number of hydrogen-bond donors (Lipinski definition) is 1. The van der Waals surface area contributed by atoms with E-state index < -0.39 is 0 Å². The highest BCUT2D eigenvalue weighted by molar-refractivity contribution is 6.03. The predicted molar refractivity (Wildman–Crippen MR) is 140 cm³/mol. The molecular weight excluding hydrogens is 438 g/mol. The van der Waals surface area contributed by atoms with Gasteiger partial charge in [0.2, 0.25) is 0 Å². The van der Waals surface area contributed by atoms with Crippen LogP contribution in [0, 0.1) is 0 Å². The molecule has 0 aromatic heterocycles. The van der Waals surface area contributed by atoms with Crippen molar-refractivity contribution in [1.29, 1.82) is 0 Å². The van der Waals surface area contributed by atoms with Gasteiger partial charge in [0.1, 0.15) is 5.75 Å². The van der Waals surface area contributed by atoms with Crippen molar-refractivity contribution in [2.24, 2.45) is 0 Å². The first kappa shape index (κ1) is 23.5. The summed E-state index contributed by atoms with van der Waals surface area (Å²) in [6, 6.07) is 20.2. The third-order valence-electron chi connectivity index (χ3n) is 6.98. The first-order chi connectivity index (χ1) is 17.2. The SMILES string of the molecule is O=C(c1cc2ccccc2c(CN2CCN(CC=Cc3ccccc3)CC2)c1O)N1CCOCC1. The van der Waals surface area contributed by atoms with Crippen molar-refractivity contribution < 1.29 is 14.6 Å².